The summed E-state index contributed by atoms with van der Waals surface area (Å²) in [5, 5.41) is 4.60. The van der Waals surface area contributed by atoms with Crippen LogP contribution in [-0.4, -0.2) is 16.4 Å². The van der Waals surface area contributed by atoms with Gasteiger partial charge in [-0.25, -0.2) is 0 Å². The van der Waals surface area contributed by atoms with Crippen molar-refractivity contribution in [2.75, 3.05) is 6.61 Å². The van der Waals surface area contributed by atoms with Gasteiger partial charge in [0.15, 0.2) is 0 Å². The lowest BCUT2D eigenvalue weighted by Crippen LogP contribution is -2.33. The summed E-state index contributed by atoms with van der Waals surface area (Å²) in [4.78, 5) is 0. The number of rotatable bonds is 0. The molecule has 0 aromatic carbocycles. The average Bonchev–Trinajstić information content (AvgIpc) is 2.79. The Morgan fingerprint density at radius 2 is 2.12 bits per heavy atom. The van der Waals surface area contributed by atoms with Crippen LogP contribution in [0.1, 0.15) is 44.6 Å². The molecule has 0 N–H and O–H groups in total. The molecule has 1 aliphatic heterocycles. The molecule has 0 saturated heterocycles. The molecule has 0 atom stereocenters. The van der Waals surface area contributed by atoms with Crippen LogP contribution in [0.25, 0.3) is 6.08 Å². The maximum absolute atomic E-state index is 5.78. The summed E-state index contributed by atoms with van der Waals surface area (Å²) in [5.74, 6) is 0. The molecule has 16 heavy (non-hydrogen) atoms. The van der Waals surface area contributed by atoms with Crippen LogP contribution in [0.4, 0.5) is 0 Å². The van der Waals surface area contributed by atoms with E-state index in [4.69, 9.17) is 4.74 Å². The van der Waals surface area contributed by atoms with Crippen LogP contribution in [0.5, 0.6) is 0 Å². The Morgan fingerprint density at radius 1 is 1.38 bits per heavy atom. The normalized spacial score (nSPS) is 19.8. The fourth-order valence-electron chi connectivity index (χ4n) is 2.39. The number of hydrogen-bond acceptors (Lipinski definition) is 2. The van der Waals surface area contributed by atoms with Gasteiger partial charge in [0.25, 0.3) is 0 Å². The number of ether oxygens (including phenoxy) is 1. The van der Waals surface area contributed by atoms with Crippen LogP contribution in [0.15, 0.2) is 6.08 Å². The van der Waals surface area contributed by atoms with E-state index in [0.29, 0.717) is 0 Å². The topological polar surface area (TPSA) is 27.1 Å². The molecule has 88 valence electrons. The molecule has 1 aromatic rings. The standard InChI is InChI=1S/C11H14N2O.C2H6/c1-11(2)10-8-4-3-5-9(8)12-13(10)6-7-14-11;1-2/h3-4H,5-7H2,1-2H3;1-2H3. The number of nitrogens with zero attached hydrogens (tertiary/aromatic N) is 2. The first-order valence-electron chi connectivity index (χ1n) is 6.09. The zero-order chi connectivity index (χ0) is 11.8. The van der Waals surface area contributed by atoms with Crippen molar-refractivity contribution in [3.63, 3.8) is 0 Å². The first-order valence-corrected chi connectivity index (χ1v) is 6.09. The second-order valence-electron chi connectivity index (χ2n) is 4.40. The van der Waals surface area contributed by atoms with E-state index in [1.54, 1.807) is 0 Å². The van der Waals surface area contributed by atoms with Gasteiger partial charge in [-0.15, -0.1) is 0 Å². The van der Waals surface area contributed by atoms with E-state index < -0.39 is 0 Å². The molecule has 0 unspecified atom stereocenters. The van der Waals surface area contributed by atoms with Gasteiger partial charge in [0, 0.05) is 12.0 Å². The van der Waals surface area contributed by atoms with Crippen molar-refractivity contribution in [2.45, 2.75) is 46.3 Å². The van der Waals surface area contributed by atoms with Crippen LogP contribution in [0.2, 0.25) is 0 Å². The van der Waals surface area contributed by atoms with E-state index in [9.17, 15) is 0 Å². The van der Waals surface area contributed by atoms with Crippen molar-refractivity contribution in [2.24, 2.45) is 0 Å². The van der Waals surface area contributed by atoms with E-state index in [0.717, 1.165) is 19.6 Å². The fourth-order valence-corrected chi connectivity index (χ4v) is 2.39. The summed E-state index contributed by atoms with van der Waals surface area (Å²) in [5.41, 5.74) is 3.55. The molecule has 2 heterocycles. The van der Waals surface area contributed by atoms with Crippen molar-refractivity contribution in [3.05, 3.63) is 23.0 Å². The van der Waals surface area contributed by atoms with Crippen LogP contribution < -0.4 is 0 Å². The minimum absolute atomic E-state index is 0.187. The molecule has 3 heteroatoms. The Labute approximate surface area is 97.1 Å². The highest BCUT2D eigenvalue weighted by molar-refractivity contribution is 5.61. The molecule has 3 nitrogen and oxygen atoms in total. The molecular formula is C13H20N2O. The second kappa shape index (κ2) is 4.06. The van der Waals surface area contributed by atoms with Crippen molar-refractivity contribution in [3.8, 4) is 0 Å². The summed E-state index contributed by atoms with van der Waals surface area (Å²) < 4.78 is 7.89. The SMILES string of the molecule is CC.CC1(C)OCCn2nc3c(c21)C=CC3. The highest BCUT2D eigenvalue weighted by Crippen LogP contribution is 2.35. The lowest BCUT2D eigenvalue weighted by atomic mass is 9.99. The molecule has 3 rings (SSSR count). The molecule has 2 aliphatic rings. The second-order valence-corrected chi connectivity index (χ2v) is 4.40. The van der Waals surface area contributed by atoms with Crippen LogP contribution in [0, 0.1) is 0 Å². The lowest BCUT2D eigenvalue weighted by molar-refractivity contribution is -0.0534. The predicted octanol–water partition coefficient (Wildman–Crippen LogP) is 2.74. The van der Waals surface area contributed by atoms with Crippen molar-refractivity contribution in [1.29, 1.82) is 0 Å². The fraction of sp³-hybridized carbons (Fsp3) is 0.615. The summed E-state index contributed by atoms with van der Waals surface area (Å²) in [6.07, 6.45) is 5.32. The Kier molecular flexibility index (Phi) is 2.89. The van der Waals surface area contributed by atoms with E-state index in [1.807, 2.05) is 13.8 Å². The van der Waals surface area contributed by atoms with E-state index in [2.05, 4.69) is 35.8 Å². The van der Waals surface area contributed by atoms with Gasteiger partial charge in [0.1, 0.15) is 5.60 Å². The largest absolute Gasteiger partial charge is 0.367 e. The molecule has 0 fully saturated rings. The molecule has 0 radical (unpaired) electrons. The Morgan fingerprint density at radius 3 is 2.88 bits per heavy atom. The maximum atomic E-state index is 5.78. The molecule has 1 aromatic heterocycles. The zero-order valence-corrected chi connectivity index (χ0v) is 10.6. The monoisotopic (exact) mass is 220 g/mol. The number of allylic oxidation sites excluding steroid dienone is 1. The molecule has 0 spiro atoms. The molecule has 0 saturated carbocycles. The van der Waals surface area contributed by atoms with Crippen LogP contribution in [0.3, 0.4) is 0 Å². The van der Waals surface area contributed by atoms with Gasteiger partial charge in [-0.1, -0.05) is 26.0 Å². The van der Waals surface area contributed by atoms with Crippen LogP contribution in [-0.2, 0) is 23.3 Å². The minimum atomic E-state index is -0.187. The summed E-state index contributed by atoms with van der Waals surface area (Å²) in [6.45, 7) is 9.89. The molecule has 0 amide bonds. The Bertz CT molecular complexity index is 416. The molecule has 1 aliphatic carbocycles. The zero-order valence-electron chi connectivity index (χ0n) is 10.6. The quantitative estimate of drug-likeness (QED) is 0.672. The number of hydrogen-bond donors (Lipinski definition) is 0. The van der Waals surface area contributed by atoms with Gasteiger partial charge in [-0.2, -0.15) is 5.10 Å². The summed E-state index contributed by atoms with van der Waals surface area (Å²) >= 11 is 0. The van der Waals surface area contributed by atoms with Gasteiger partial charge in [-0.05, 0) is 13.8 Å². The summed E-state index contributed by atoms with van der Waals surface area (Å²) in [6, 6.07) is 0. The first kappa shape index (κ1) is 11.4. The van der Waals surface area contributed by atoms with E-state index >= 15 is 0 Å². The van der Waals surface area contributed by atoms with Crippen LogP contribution >= 0.6 is 0 Å². The van der Waals surface area contributed by atoms with E-state index in [-0.39, 0.29) is 5.60 Å². The third-order valence-electron chi connectivity index (χ3n) is 3.00. The smallest absolute Gasteiger partial charge is 0.105 e. The highest BCUT2D eigenvalue weighted by Gasteiger charge is 2.34. The lowest BCUT2D eigenvalue weighted by Gasteiger charge is -2.31. The molecule has 0 bridgehead atoms. The van der Waals surface area contributed by atoms with E-state index in [1.165, 1.54) is 17.0 Å². The van der Waals surface area contributed by atoms with Crippen molar-refractivity contribution < 1.29 is 4.74 Å². The van der Waals surface area contributed by atoms with Crippen molar-refractivity contribution >= 4 is 6.08 Å². The average molecular weight is 220 g/mol. The summed E-state index contributed by atoms with van der Waals surface area (Å²) in [7, 11) is 0. The Balaban J connectivity index is 0.000000457. The minimum Gasteiger partial charge on any atom is -0.367 e. The van der Waals surface area contributed by atoms with Gasteiger partial charge < -0.3 is 4.74 Å². The molecular weight excluding hydrogens is 200 g/mol. The maximum Gasteiger partial charge on any atom is 0.105 e. The first-order chi connectivity index (χ1) is 7.68. The predicted molar refractivity (Wildman–Crippen MR) is 65.3 cm³/mol. The third kappa shape index (κ3) is 1.59. The van der Waals surface area contributed by atoms with Gasteiger partial charge in [-0.3, -0.25) is 4.68 Å². The van der Waals surface area contributed by atoms with Gasteiger partial charge in [0.2, 0.25) is 0 Å². The van der Waals surface area contributed by atoms with Crippen molar-refractivity contribution in [1.82, 2.24) is 9.78 Å². The number of aromatic nitrogens is 2. The number of fused-ring (bicyclic) bond motifs is 3. The third-order valence-corrected chi connectivity index (χ3v) is 3.00. The Hall–Kier alpha value is -1.09. The highest BCUT2D eigenvalue weighted by atomic mass is 16.5. The van der Waals surface area contributed by atoms with Gasteiger partial charge in [0.05, 0.1) is 24.5 Å². The van der Waals surface area contributed by atoms with Gasteiger partial charge >= 0.3 is 0 Å².